The van der Waals surface area contributed by atoms with E-state index >= 15 is 0 Å². The summed E-state index contributed by atoms with van der Waals surface area (Å²) in [5.74, 6) is 0. The minimum absolute atomic E-state index is 0.484. The molecule has 2 heterocycles. The fourth-order valence-corrected chi connectivity index (χ4v) is 1.88. The molecule has 0 fully saturated rings. The van der Waals surface area contributed by atoms with Crippen LogP contribution in [0, 0.1) is 0 Å². The predicted molar refractivity (Wildman–Crippen MR) is 57.9 cm³/mol. The molecule has 0 spiro atoms. The van der Waals surface area contributed by atoms with Crippen LogP contribution in [0.5, 0.6) is 5.06 Å². The summed E-state index contributed by atoms with van der Waals surface area (Å²) in [6.45, 7) is 0.484. The highest BCUT2D eigenvalue weighted by atomic mass is 35.5. The molecule has 0 radical (unpaired) electrons. The molecule has 0 amide bonds. The van der Waals surface area contributed by atoms with Gasteiger partial charge in [0.2, 0.25) is 0 Å². The third kappa shape index (κ3) is 2.47. The molecule has 0 saturated heterocycles. The quantitative estimate of drug-likeness (QED) is 0.799. The van der Waals surface area contributed by atoms with Crippen molar-refractivity contribution in [3.8, 4) is 5.06 Å². The summed E-state index contributed by atoms with van der Waals surface area (Å²) in [6.07, 6.45) is 1.75. The summed E-state index contributed by atoms with van der Waals surface area (Å²) >= 11 is 7.19. The van der Waals surface area contributed by atoms with Gasteiger partial charge in [-0.2, -0.15) is 0 Å². The molecule has 0 aliphatic carbocycles. The van der Waals surface area contributed by atoms with Gasteiger partial charge < -0.3 is 4.74 Å². The third-order valence-corrected chi connectivity index (χ3v) is 2.78. The van der Waals surface area contributed by atoms with Crippen molar-refractivity contribution in [1.29, 1.82) is 0 Å². The van der Waals surface area contributed by atoms with E-state index in [0.29, 0.717) is 6.61 Å². The fourth-order valence-electron chi connectivity index (χ4n) is 1.00. The van der Waals surface area contributed by atoms with Crippen LogP contribution >= 0.6 is 22.9 Å². The van der Waals surface area contributed by atoms with Crippen LogP contribution in [0.3, 0.4) is 0 Å². The van der Waals surface area contributed by atoms with Crippen molar-refractivity contribution < 1.29 is 4.74 Å². The number of ether oxygens (including phenoxy) is 1. The summed E-state index contributed by atoms with van der Waals surface area (Å²) in [5.41, 5.74) is 0.914. The van der Waals surface area contributed by atoms with Crippen molar-refractivity contribution in [2.75, 3.05) is 0 Å². The monoisotopic (exact) mass is 225 g/mol. The van der Waals surface area contributed by atoms with Gasteiger partial charge in [-0.1, -0.05) is 29.0 Å². The van der Waals surface area contributed by atoms with Gasteiger partial charge in [0.05, 0.1) is 10.0 Å². The maximum atomic E-state index is 5.77. The first-order chi connectivity index (χ1) is 6.84. The van der Waals surface area contributed by atoms with Crippen molar-refractivity contribution in [1.82, 2.24) is 4.98 Å². The van der Waals surface area contributed by atoms with Crippen LogP contribution in [0.1, 0.15) is 5.69 Å². The Morgan fingerprint density at radius 3 is 2.86 bits per heavy atom. The van der Waals surface area contributed by atoms with E-state index in [4.69, 9.17) is 16.3 Å². The minimum atomic E-state index is 0.484. The van der Waals surface area contributed by atoms with E-state index in [0.717, 1.165) is 15.1 Å². The lowest BCUT2D eigenvalue weighted by Gasteiger charge is -2.01. The summed E-state index contributed by atoms with van der Waals surface area (Å²) in [7, 11) is 0. The molecule has 0 atom stereocenters. The van der Waals surface area contributed by atoms with Crippen molar-refractivity contribution in [3.63, 3.8) is 0 Å². The SMILES string of the molecule is Clc1ccc(OCc2ccccn2)s1. The molecular formula is C10H8ClNOS. The average Bonchev–Trinajstić information content (AvgIpc) is 2.63. The number of rotatable bonds is 3. The number of nitrogens with zero attached hydrogens (tertiary/aromatic N) is 1. The second kappa shape index (κ2) is 4.44. The Hall–Kier alpha value is -1.06. The van der Waals surface area contributed by atoms with Crippen LogP contribution in [0.4, 0.5) is 0 Å². The minimum Gasteiger partial charge on any atom is -0.478 e. The van der Waals surface area contributed by atoms with E-state index in [-0.39, 0.29) is 0 Å². The standard InChI is InChI=1S/C10H8ClNOS/c11-9-4-5-10(14-9)13-7-8-3-1-2-6-12-8/h1-6H,7H2. The Bertz CT molecular complexity index is 402. The number of hydrogen-bond acceptors (Lipinski definition) is 3. The lowest BCUT2D eigenvalue weighted by Crippen LogP contribution is -1.95. The lowest BCUT2D eigenvalue weighted by molar-refractivity contribution is 0.310. The number of pyridine rings is 1. The van der Waals surface area contributed by atoms with Crippen molar-refractivity contribution in [2.24, 2.45) is 0 Å². The highest BCUT2D eigenvalue weighted by Crippen LogP contribution is 2.28. The average molecular weight is 226 g/mol. The molecule has 14 heavy (non-hydrogen) atoms. The molecule has 2 nitrogen and oxygen atoms in total. The van der Waals surface area contributed by atoms with Gasteiger partial charge in [0.25, 0.3) is 0 Å². The molecule has 0 aliphatic rings. The second-order valence-electron chi connectivity index (χ2n) is 2.67. The van der Waals surface area contributed by atoms with Gasteiger partial charge in [0.1, 0.15) is 6.61 Å². The molecule has 2 aromatic heterocycles. The Morgan fingerprint density at radius 2 is 2.21 bits per heavy atom. The molecule has 72 valence electrons. The molecule has 0 saturated carbocycles. The van der Waals surface area contributed by atoms with Gasteiger partial charge in [-0.15, -0.1) is 0 Å². The summed E-state index contributed by atoms with van der Waals surface area (Å²) in [5, 5.41) is 0.820. The largest absolute Gasteiger partial charge is 0.478 e. The smallest absolute Gasteiger partial charge is 0.175 e. The molecule has 0 N–H and O–H groups in total. The van der Waals surface area contributed by atoms with Gasteiger partial charge in [0, 0.05) is 6.20 Å². The van der Waals surface area contributed by atoms with E-state index in [1.165, 1.54) is 11.3 Å². The Morgan fingerprint density at radius 1 is 1.29 bits per heavy atom. The van der Waals surface area contributed by atoms with Crippen LogP contribution in [-0.2, 0) is 6.61 Å². The maximum Gasteiger partial charge on any atom is 0.175 e. The first-order valence-corrected chi connectivity index (χ1v) is 5.32. The second-order valence-corrected chi connectivity index (χ2v) is 4.35. The normalized spacial score (nSPS) is 10.1. The first kappa shape index (κ1) is 9.49. The highest BCUT2D eigenvalue weighted by molar-refractivity contribution is 7.17. The van der Waals surface area contributed by atoms with Gasteiger partial charge in [0.15, 0.2) is 5.06 Å². The molecule has 4 heteroatoms. The van der Waals surface area contributed by atoms with Crippen molar-refractivity contribution in [3.05, 3.63) is 46.6 Å². The van der Waals surface area contributed by atoms with Gasteiger partial charge >= 0.3 is 0 Å². The van der Waals surface area contributed by atoms with Gasteiger partial charge in [-0.3, -0.25) is 4.98 Å². The van der Waals surface area contributed by atoms with E-state index < -0.39 is 0 Å². The van der Waals surface area contributed by atoms with Crippen LogP contribution < -0.4 is 4.74 Å². The van der Waals surface area contributed by atoms with E-state index in [9.17, 15) is 0 Å². The Balaban J connectivity index is 1.95. The topological polar surface area (TPSA) is 22.1 Å². The number of hydrogen-bond donors (Lipinski definition) is 0. The first-order valence-electron chi connectivity index (χ1n) is 4.12. The molecule has 0 bridgehead atoms. The van der Waals surface area contributed by atoms with Crippen LogP contribution in [0.15, 0.2) is 36.5 Å². The van der Waals surface area contributed by atoms with Crippen molar-refractivity contribution in [2.45, 2.75) is 6.61 Å². The summed E-state index contributed by atoms with van der Waals surface area (Å²) < 4.78 is 6.22. The van der Waals surface area contributed by atoms with Crippen LogP contribution in [0.25, 0.3) is 0 Å². The predicted octanol–water partition coefficient (Wildman–Crippen LogP) is 3.38. The lowest BCUT2D eigenvalue weighted by atomic mass is 10.4. The zero-order chi connectivity index (χ0) is 9.80. The Kier molecular flexibility index (Phi) is 3.01. The molecule has 0 unspecified atom stereocenters. The maximum absolute atomic E-state index is 5.77. The fraction of sp³-hybridized carbons (Fsp3) is 0.100. The Labute approximate surface area is 91.1 Å². The molecule has 2 rings (SSSR count). The van der Waals surface area contributed by atoms with Crippen molar-refractivity contribution >= 4 is 22.9 Å². The highest BCUT2D eigenvalue weighted by Gasteiger charge is 1.99. The van der Waals surface area contributed by atoms with E-state index in [1.807, 2.05) is 30.3 Å². The number of thiophene rings is 1. The molecule has 0 aromatic carbocycles. The zero-order valence-electron chi connectivity index (χ0n) is 7.31. The van der Waals surface area contributed by atoms with E-state index in [1.54, 1.807) is 6.20 Å². The molecule has 2 aromatic rings. The van der Waals surface area contributed by atoms with Gasteiger partial charge in [-0.25, -0.2) is 0 Å². The summed E-state index contributed by atoms with van der Waals surface area (Å²) in [4.78, 5) is 4.15. The van der Waals surface area contributed by atoms with E-state index in [2.05, 4.69) is 4.98 Å². The number of aromatic nitrogens is 1. The number of halogens is 1. The molecule has 0 aliphatic heterocycles. The summed E-state index contributed by atoms with van der Waals surface area (Å²) in [6, 6.07) is 9.42. The van der Waals surface area contributed by atoms with Crippen LogP contribution in [0.2, 0.25) is 4.34 Å². The zero-order valence-corrected chi connectivity index (χ0v) is 8.89. The van der Waals surface area contributed by atoms with Crippen LogP contribution in [-0.4, -0.2) is 4.98 Å². The molecular weight excluding hydrogens is 218 g/mol. The third-order valence-electron chi connectivity index (χ3n) is 1.64. The van der Waals surface area contributed by atoms with Gasteiger partial charge in [-0.05, 0) is 24.3 Å².